The predicted molar refractivity (Wildman–Crippen MR) is 65.0 cm³/mol. The summed E-state index contributed by atoms with van der Waals surface area (Å²) in [7, 11) is 0. The van der Waals surface area contributed by atoms with Crippen LogP contribution in [0.15, 0.2) is 17.5 Å². The van der Waals surface area contributed by atoms with Crippen LogP contribution in [0.1, 0.15) is 50.5 Å². The lowest BCUT2D eigenvalue weighted by molar-refractivity contribution is 0.00589. The lowest BCUT2D eigenvalue weighted by Gasteiger charge is -2.41. The SMILES string of the molecule is CC1(C)CCCCC1C(O)c1cccs1. The van der Waals surface area contributed by atoms with E-state index in [1.54, 1.807) is 11.3 Å². The van der Waals surface area contributed by atoms with Gasteiger partial charge in [0.1, 0.15) is 0 Å². The zero-order chi connectivity index (χ0) is 10.9. The van der Waals surface area contributed by atoms with Crippen LogP contribution in [0.3, 0.4) is 0 Å². The minimum absolute atomic E-state index is 0.250. The summed E-state index contributed by atoms with van der Waals surface area (Å²) in [5.41, 5.74) is 0.293. The Bertz CT molecular complexity index is 302. The van der Waals surface area contributed by atoms with E-state index in [0.29, 0.717) is 11.3 Å². The first-order chi connectivity index (χ1) is 7.11. The maximum absolute atomic E-state index is 10.4. The molecular formula is C13H20OS. The Kier molecular flexibility index (Phi) is 3.17. The molecular weight excluding hydrogens is 204 g/mol. The number of hydrogen-bond donors (Lipinski definition) is 1. The van der Waals surface area contributed by atoms with E-state index >= 15 is 0 Å². The molecule has 0 aliphatic heterocycles. The molecule has 1 saturated carbocycles. The van der Waals surface area contributed by atoms with Gasteiger partial charge in [-0.15, -0.1) is 11.3 Å². The van der Waals surface area contributed by atoms with E-state index in [2.05, 4.69) is 19.9 Å². The van der Waals surface area contributed by atoms with Gasteiger partial charge in [0.25, 0.3) is 0 Å². The van der Waals surface area contributed by atoms with Crippen LogP contribution in [0.5, 0.6) is 0 Å². The van der Waals surface area contributed by atoms with E-state index < -0.39 is 0 Å². The molecule has 1 nitrogen and oxygen atoms in total. The summed E-state index contributed by atoms with van der Waals surface area (Å²) in [6, 6.07) is 4.08. The molecule has 1 aromatic rings. The minimum Gasteiger partial charge on any atom is -0.387 e. The molecule has 15 heavy (non-hydrogen) atoms. The fourth-order valence-corrected chi connectivity index (χ4v) is 3.54. The molecule has 1 aliphatic carbocycles. The van der Waals surface area contributed by atoms with Gasteiger partial charge in [-0.05, 0) is 35.6 Å². The van der Waals surface area contributed by atoms with Crippen molar-refractivity contribution in [3.63, 3.8) is 0 Å². The average molecular weight is 224 g/mol. The topological polar surface area (TPSA) is 20.2 Å². The van der Waals surface area contributed by atoms with Crippen molar-refractivity contribution in [2.24, 2.45) is 11.3 Å². The second kappa shape index (κ2) is 4.26. The molecule has 2 unspecified atom stereocenters. The van der Waals surface area contributed by atoms with Crippen LogP contribution in [0, 0.1) is 11.3 Å². The molecule has 0 saturated heterocycles. The number of aliphatic hydroxyl groups excluding tert-OH is 1. The summed E-state index contributed by atoms with van der Waals surface area (Å²) in [6.07, 6.45) is 4.77. The minimum atomic E-state index is -0.250. The maximum atomic E-state index is 10.4. The molecule has 0 amide bonds. The van der Waals surface area contributed by atoms with Crippen molar-refractivity contribution in [1.29, 1.82) is 0 Å². The largest absolute Gasteiger partial charge is 0.387 e. The van der Waals surface area contributed by atoms with Crippen molar-refractivity contribution in [3.8, 4) is 0 Å². The standard InChI is InChI=1S/C13H20OS/c1-13(2)8-4-3-6-10(13)12(14)11-7-5-9-15-11/h5,7,9-10,12,14H,3-4,6,8H2,1-2H3. The first-order valence-corrected chi connectivity index (χ1v) is 6.71. The summed E-state index contributed by atoms with van der Waals surface area (Å²) in [5, 5.41) is 12.4. The van der Waals surface area contributed by atoms with Crippen molar-refractivity contribution in [2.45, 2.75) is 45.6 Å². The van der Waals surface area contributed by atoms with Gasteiger partial charge >= 0.3 is 0 Å². The van der Waals surface area contributed by atoms with Crippen LogP contribution in [0.4, 0.5) is 0 Å². The Morgan fingerprint density at radius 3 is 2.87 bits per heavy atom. The highest BCUT2D eigenvalue weighted by atomic mass is 32.1. The fraction of sp³-hybridized carbons (Fsp3) is 0.692. The lowest BCUT2D eigenvalue weighted by Crippen LogP contribution is -2.32. The number of rotatable bonds is 2. The molecule has 0 bridgehead atoms. The summed E-state index contributed by atoms with van der Waals surface area (Å²) in [5.74, 6) is 0.435. The molecule has 0 spiro atoms. The van der Waals surface area contributed by atoms with Gasteiger partial charge < -0.3 is 5.11 Å². The van der Waals surface area contributed by atoms with Gasteiger partial charge in [-0.2, -0.15) is 0 Å². The van der Waals surface area contributed by atoms with Gasteiger partial charge in [0, 0.05) is 4.88 Å². The predicted octanol–water partition coefficient (Wildman–Crippen LogP) is 4.00. The van der Waals surface area contributed by atoms with Gasteiger partial charge in [0.15, 0.2) is 0 Å². The first kappa shape index (κ1) is 11.2. The Balaban J connectivity index is 2.15. The fourth-order valence-electron chi connectivity index (χ4n) is 2.76. The van der Waals surface area contributed by atoms with E-state index in [1.165, 1.54) is 25.7 Å². The Labute approximate surface area is 96.1 Å². The van der Waals surface area contributed by atoms with Crippen LogP contribution in [0.2, 0.25) is 0 Å². The highest BCUT2D eigenvalue weighted by molar-refractivity contribution is 7.10. The number of aliphatic hydroxyl groups is 1. The highest BCUT2D eigenvalue weighted by Gasteiger charge is 2.37. The molecule has 84 valence electrons. The third-order valence-corrected chi connectivity index (χ3v) is 4.75. The smallest absolute Gasteiger partial charge is 0.0915 e. The first-order valence-electron chi connectivity index (χ1n) is 5.83. The van der Waals surface area contributed by atoms with Gasteiger partial charge in [-0.3, -0.25) is 0 Å². The monoisotopic (exact) mass is 224 g/mol. The molecule has 1 aromatic heterocycles. The van der Waals surface area contributed by atoms with E-state index in [1.807, 2.05) is 11.4 Å². The van der Waals surface area contributed by atoms with Gasteiger partial charge in [0.05, 0.1) is 6.10 Å². The Hall–Kier alpha value is -0.340. The molecule has 2 rings (SSSR count). The van der Waals surface area contributed by atoms with Crippen LogP contribution in [-0.4, -0.2) is 5.11 Å². The van der Waals surface area contributed by atoms with E-state index in [4.69, 9.17) is 0 Å². The van der Waals surface area contributed by atoms with Crippen LogP contribution >= 0.6 is 11.3 Å². The number of hydrogen-bond acceptors (Lipinski definition) is 2. The summed E-state index contributed by atoms with van der Waals surface area (Å²) < 4.78 is 0. The Morgan fingerprint density at radius 2 is 2.27 bits per heavy atom. The summed E-state index contributed by atoms with van der Waals surface area (Å²) >= 11 is 1.68. The van der Waals surface area contributed by atoms with Crippen molar-refractivity contribution in [2.75, 3.05) is 0 Å². The zero-order valence-electron chi connectivity index (χ0n) is 9.57. The van der Waals surface area contributed by atoms with E-state index in [9.17, 15) is 5.11 Å². The third kappa shape index (κ3) is 2.26. The highest BCUT2D eigenvalue weighted by Crippen LogP contribution is 2.47. The summed E-state index contributed by atoms with van der Waals surface area (Å²) in [4.78, 5) is 1.13. The molecule has 1 aliphatic rings. The second-order valence-corrected chi connectivity index (χ2v) is 6.28. The molecule has 1 N–H and O–H groups in total. The summed E-state index contributed by atoms with van der Waals surface area (Å²) in [6.45, 7) is 4.60. The molecule has 0 aromatic carbocycles. The van der Waals surface area contributed by atoms with Crippen molar-refractivity contribution < 1.29 is 5.11 Å². The van der Waals surface area contributed by atoms with Crippen LogP contribution in [-0.2, 0) is 0 Å². The third-order valence-electron chi connectivity index (χ3n) is 3.81. The lowest BCUT2D eigenvalue weighted by atomic mass is 9.66. The molecule has 2 heteroatoms. The maximum Gasteiger partial charge on any atom is 0.0915 e. The number of thiophene rings is 1. The van der Waals surface area contributed by atoms with E-state index in [-0.39, 0.29) is 6.10 Å². The molecule has 1 fully saturated rings. The van der Waals surface area contributed by atoms with Crippen molar-refractivity contribution in [1.82, 2.24) is 0 Å². The molecule has 0 radical (unpaired) electrons. The van der Waals surface area contributed by atoms with Gasteiger partial charge in [-0.1, -0.05) is 32.8 Å². The molecule has 2 atom stereocenters. The van der Waals surface area contributed by atoms with Gasteiger partial charge in [-0.25, -0.2) is 0 Å². The van der Waals surface area contributed by atoms with Gasteiger partial charge in [0.2, 0.25) is 0 Å². The van der Waals surface area contributed by atoms with Crippen molar-refractivity contribution >= 4 is 11.3 Å². The van der Waals surface area contributed by atoms with Crippen molar-refractivity contribution in [3.05, 3.63) is 22.4 Å². The van der Waals surface area contributed by atoms with E-state index in [0.717, 1.165) is 4.88 Å². The Morgan fingerprint density at radius 1 is 1.47 bits per heavy atom. The van der Waals surface area contributed by atoms with Crippen LogP contribution < -0.4 is 0 Å². The zero-order valence-corrected chi connectivity index (χ0v) is 10.4. The average Bonchev–Trinajstić information content (AvgIpc) is 2.69. The molecule has 1 heterocycles. The quantitative estimate of drug-likeness (QED) is 0.805. The normalized spacial score (nSPS) is 27.5. The van der Waals surface area contributed by atoms with Crippen LogP contribution in [0.25, 0.3) is 0 Å². The second-order valence-electron chi connectivity index (χ2n) is 5.30.